The highest BCUT2D eigenvalue weighted by Gasteiger charge is 2.22. The molecule has 50 valence electrons. The summed E-state index contributed by atoms with van der Waals surface area (Å²) < 4.78 is 7.14. The van der Waals surface area contributed by atoms with Crippen LogP contribution in [0.1, 0.15) is 14.2 Å². The zero-order chi connectivity index (χ0) is 7.78. The van der Waals surface area contributed by atoms with E-state index in [4.69, 9.17) is 7.10 Å². The van der Waals surface area contributed by atoms with Crippen LogP contribution in [0.15, 0.2) is 0 Å². The number of carbonyl (C=O) groups excluding carboxylic acids is 2. The SMILES string of the molecule is [2H][C@@]1(N)CCC(=O)NC1=O. The minimum absolute atomic E-state index is 0.109. The van der Waals surface area contributed by atoms with Crippen LogP contribution in [0.3, 0.4) is 0 Å². The molecule has 0 aromatic carbocycles. The maximum absolute atomic E-state index is 10.7. The smallest absolute Gasteiger partial charge is 0.243 e. The summed E-state index contributed by atoms with van der Waals surface area (Å²) in [5.41, 5.74) is 5.19. The lowest BCUT2D eigenvalue weighted by Gasteiger charge is -2.15. The van der Waals surface area contributed by atoms with Crippen LogP contribution >= 0.6 is 0 Å². The van der Waals surface area contributed by atoms with E-state index in [0.717, 1.165) is 0 Å². The molecular weight excluding hydrogens is 120 g/mol. The van der Waals surface area contributed by atoms with Gasteiger partial charge in [0, 0.05) is 6.42 Å². The van der Waals surface area contributed by atoms with Gasteiger partial charge in [-0.1, -0.05) is 0 Å². The molecule has 9 heavy (non-hydrogen) atoms. The molecule has 2 amide bonds. The van der Waals surface area contributed by atoms with Crippen molar-refractivity contribution >= 4 is 11.8 Å². The quantitative estimate of drug-likeness (QED) is 0.401. The van der Waals surface area contributed by atoms with E-state index in [9.17, 15) is 9.59 Å². The van der Waals surface area contributed by atoms with Gasteiger partial charge in [0.1, 0.15) is 0 Å². The van der Waals surface area contributed by atoms with Gasteiger partial charge in [-0.3, -0.25) is 14.9 Å². The van der Waals surface area contributed by atoms with E-state index in [-0.39, 0.29) is 18.7 Å². The molecular formula is C5H8N2O2. The number of nitrogens with two attached hydrogens (primary N) is 1. The van der Waals surface area contributed by atoms with Gasteiger partial charge in [-0.2, -0.15) is 0 Å². The van der Waals surface area contributed by atoms with Crippen LogP contribution in [0.2, 0.25) is 0 Å². The number of nitrogens with one attached hydrogen (secondary N) is 1. The van der Waals surface area contributed by atoms with Crippen molar-refractivity contribution in [1.29, 1.82) is 0 Å². The van der Waals surface area contributed by atoms with E-state index in [1.807, 2.05) is 5.32 Å². The van der Waals surface area contributed by atoms with Gasteiger partial charge in [-0.15, -0.1) is 0 Å². The second kappa shape index (κ2) is 2.14. The molecule has 1 rings (SSSR count). The van der Waals surface area contributed by atoms with Crippen molar-refractivity contribution in [2.24, 2.45) is 5.73 Å². The highest BCUT2D eigenvalue weighted by molar-refractivity contribution is 6.00. The Morgan fingerprint density at radius 1 is 1.78 bits per heavy atom. The minimum atomic E-state index is -1.60. The molecule has 0 saturated carbocycles. The Kier molecular flexibility index (Phi) is 1.17. The fraction of sp³-hybridized carbons (Fsp3) is 0.600. The third kappa shape index (κ3) is 1.26. The minimum Gasteiger partial charge on any atom is -0.320 e. The van der Waals surface area contributed by atoms with Crippen molar-refractivity contribution in [3.63, 3.8) is 0 Å². The second-order valence-corrected chi connectivity index (χ2v) is 1.90. The van der Waals surface area contributed by atoms with Gasteiger partial charge in [0.15, 0.2) is 0 Å². The van der Waals surface area contributed by atoms with Crippen molar-refractivity contribution in [3.05, 3.63) is 0 Å². The average Bonchev–Trinajstić information content (AvgIpc) is 1.81. The zero-order valence-electron chi connectivity index (χ0n) is 5.81. The van der Waals surface area contributed by atoms with Crippen molar-refractivity contribution < 1.29 is 11.0 Å². The van der Waals surface area contributed by atoms with Gasteiger partial charge < -0.3 is 5.73 Å². The van der Waals surface area contributed by atoms with Crippen LogP contribution in [-0.2, 0) is 9.59 Å². The Balaban J connectivity index is 2.70. The van der Waals surface area contributed by atoms with Crippen molar-refractivity contribution in [1.82, 2.24) is 5.32 Å². The van der Waals surface area contributed by atoms with Crippen molar-refractivity contribution in [2.45, 2.75) is 18.9 Å². The van der Waals surface area contributed by atoms with Crippen LogP contribution in [0, 0.1) is 0 Å². The maximum atomic E-state index is 10.7. The van der Waals surface area contributed by atoms with Crippen LogP contribution in [0.5, 0.6) is 0 Å². The number of hydrogen-bond acceptors (Lipinski definition) is 3. The lowest BCUT2D eigenvalue weighted by Crippen LogP contribution is -2.48. The van der Waals surface area contributed by atoms with Gasteiger partial charge in [-0.05, 0) is 6.42 Å². The Morgan fingerprint density at radius 2 is 2.44 bits per heavy atom. The monoisotopic (exact) mass is 129 g/mol. The van der Waals surface area contributed by atoms with E-state index < -0.39 is 11.9 Å². The first kappa shape index (κ1) is 4.93. The summed E-state index contributed by atoms with van der Waals surface area (Å²) in [7, 11) is 0. The number of carbonyl (C=O) groups is 2. The molecule has 1 aliphatic rings. The van der Waals surface area contributed by atoms with Crippen molar-refractivity contribution in [2.75, 3.05) is 0 Å². The first-order valence-electron chi connectivity index (χ1n) is 3.15. The first-order chi connectivity index (χ1) is 4.52. The van der Waals surface area contributed by atoms with Gasteiger partial charge in [0.25, 0.3) is 0 Å². The summed E-state index contributed by atoms with van der Waals surface area (Å²) >= 11 is 0. The fourth-order valence-electron chi connectivity index (χ4n) is 0.631. The van der Waals surface area contributed by atoms with E-state index in [1.165, 1.54) is 0 Å². The number of amides is 2. The summed E-state index contributed by atoms with van der Waals surface area (Å²) in [5, 5.41) is 1.98. The van der Waals surface area contributed by atoms with E-state index in [2.05, 4.69) is 0 Å². The molecule has 0 aromatic heterocycles. The van der Waals surface area contributed by atoms with Crippen LogP contribution in [0.4, 0.5) is 0 Å². The topological polar surface area (TPSA) is 72.2 Å². The van der Waals surface area contributed by atoms with E-state index in [1.54, 1.807) is 0 Å². The summed E-state index contributed by atoms with van der Waals surface area (Å²) in [6.45, 7) is 0. The lowest BCUT2D eigenvalue weighted by atomic mass is 10.1. The van der Waals surface area contributed by atoms with Gasteiger partial charge in [-0.25, -0.2) is 0 Å². The normalized spacial score (nSPS) is 37.7. The van der Waals surface area contributed by atoms with Crippen LogP contribution < -0.4 is 11.1 Å². The largest absolute Gasteiger partial charge is 0.320 e. The molecule has 1 fully saturated rings. The predicted molar refractivity (Wildman–Crippen MR) is 30.4 cm³/mol. The highest BCUT2D eigenvalue weighted by atomic mass is 16.2. The van der Waals surface area contributed by atoms with Gasteiger partial charge in [0.2, 0.25) is 11.8 Å². The van der Waals surface area contributed by atoms with Gasteiger partial charge >= 0.3 is 0 Å². The molecule has 0 aromatic rings. The molecule has 0 bridgehead atoms. The Bertz CT molecular complexity index is 190. The van der Waals surface area contributed by atoms with E-state index in [0.29, 0.717) is 0 Å². The van der Waals surface area contributed by atoms with Gasteiger partial charge in [0.05, 0.1) is 7.39 Å². The molecule has 1 saturated heterocycles. The lowest BCUT2D eigenvalue weighted by molar-refractivity contribution is -0.134. The third-order valence-corrected chi connectivity index (χ3v) is 1.17. The standard InChI is InChI=1S/C5H8N2O2/c6-3-1-2-4(8)7-5(3)9/h3H,1-2,6H2,(H,7,8,9)/t3-/m1/s1/i3D. The Hall–Kier alpha value is -0.900. The first-order valence-corrected chi connectivity index (χ1v) is 2.65. The number of piperidine rings is 1. The molecule has 1 heterocycles. The Labute approximate surface area is 53.8 Å². The molecule has 0 unspecified atom stereocenters. The summed E-state index contributed by atoms with van der Waals surface area (Å²) in [5.74, 6) is -1.05. The molecule has 1 atom stereocenters. The summed E-state index contributed by atoms with van der Waals surface area (Å²) in [6.07, 6.45) is 0.267. The Morgan fingerprint density at radius 3 is 2.89 bits per heavy atom. The molecule has 0 aliphatic carbocycles. The number of rotatable bonds is 0. The third-order valence-electron chi connectivity index (χ3n) is 1.17. The number of hydrogen-bond donors (Lipinski definition) is 2. The zero-order valence-corrected chi connectivity index (χ0v) is 4.81. The summed E-state index contributed by atoms with van der Waals surface area (Å²) in [6, 6.07) is -1.60. The van der Waals surface area contributed by atoms with Crippen LogP contribution in [-0.4, -0.2) is 17.8 Å². The van der Waals surface area contributed by atoms with E-state index >= 15 is 0 Å². The highest BCUT2D eigenvalue weighted by Crippen LogP contribution is 2.00. The van der Waals surface area contributed by atoms with Crippen LogP contribution in [0.25, 0.3) is 0 Å². The maximum Gasteiger partial charge on any atom is 0.243 e. The molecule has 4 nitrogen and oxygen atoms in total. The number of imide groups is 1. The molecule has 0 radical (unpaired) electrons. The van der Waals surface area contributed by atoms with Crippen molar-refractivity contribution in [3.8, 4) is 0 Å². The molecule has 3 N–H and O–H groups in total. The molecule has 4 heteroatoms. The second-order valence-electron chi connectivity index (χ2n) is 1.90. The molecule has 0 spiro atoms. The summed E-state index contributed by atoms with van der Waals surface area (Å²) in [4.78, 5) is 21.2. The average molecular weight is 129 g/mol. The molecule has 1 aliphatic heterocycles. The fourth-order valence-corrected chi connectivity index (χ4v) is 0.631. The predicted octanol–water partition coefficient (Wildman–Crippen LogP) is -1.25.